The van der Waals surface area contributed by atoms with Gasteiger partial charge in [-0.1, -0.05) is 13.0 Å². The fraction of sp³-hybridized carbons (Fsp3) is 0.200. The van der Waals surface area contributed by atoms with Crippen LogP contribution in [0.3, 0.4) is 0 Å². The van der Waals surface area contributed by atoms with E-state index >= 15 is 0 Å². The minimum Gasteiger partial charge on any atom is -0.482 e. The summed E-state index contributed by atoms with van der Waals surface area (Å²) in [5.41, 5.74) is 1.86. The molecule has 0 aliphatic carbocycles. The van der Waals surface area contributed by atoms with E-state index in [2.05, 4.69) is 20.1 Å². The van der Waals surface area contributed by atoms with Gasteiger partial charge in [-0.15, -0.1) is 0 Å². The van der Waals surface area contributed by atoms with Crippen LogP contribution in [0.4, 0.5) is 5.69 Å². The Kier molecular flexibility index (Phi) is 6.01. The number of hydrogen-bond acceptors (Lipinski definition) is 6. The Labute approximate surface area is 162 Å². The number of methoxy groups -OCH3 is 1. The maximum Gasteiger partial charge on any atom is 0.343 e. The first-order valence-electron chi connectivity index (χ1n) is 8.71. The van der Waals surface area contributed by atoms with Gasteiger partial charge in [-0.3, -0.25) is 4.79 Å². The van der Waals surface area contributed by atoms with Crippen molar-refractivity contribution in [3.05, 3.63) is 66.1 Å². The molecule has 1 N–H and O–H groups in total. The molecule has 28 heavy (non-hydrogen) atoms. The molecule has 8 nitrogen and oxygen atoms in total. The van der Waals surface area contributed by atoms with E-state index in [0.717, 1.165) is 5.69 Å². The number of hydrogen-bond donors (Lipinski definition) is 1. The summed E-state index contributed by atoms with van der Waals surface area (Å²) >= 11 is 0. The quantitative estimate of drug-likeness (QED) is 0.633. The fourth-order valence-corrected chi connectivity index (χ4v) is 2.61. The number of carbonyl (C=O) groups is 2. The zero-order valence-electron chi connectivity index (χ0n) is 15.6. The van der Waals surface area contributed by atoms with Gasteiger partial charge < -0.3 is 14.8 Å². The third-order valence-corrected chi connectivity index (χ3v) is 4.01. The van der Waals surface area contributed by atoms with Crippen LogP contribution in [0.5, 0.6) is 5.75 Å². The Morgan fingerprint density at radius 3 is 2.57 bits per heavy atom. The molecule has 0 unspecified atom stereocenters. The highest BCUT2D eigenvalue weighted by Crippen LogP contribution is 2.19. The molecule has 0 fully saturated rings. The molecule has 0 bridgehead atoms. The Bertz CT molecular complexity index is 952. The van der Waals surface area contributed by atoms with Crippen LogP contribution >= 0.6 is 0 Å². The van der Waals surface area contributed by atoms with Gasteiger partial charge in [0, 0.05) is 11.9 Å². The Morgan fingerprint density at radius 1 is 1.14 bits per heavy atom. The minimum absolute atomic E-state index is 0.172. The third kappa shape index (κ3) is 4.35. The smallest absolute Gasteiger partial charge is 0.343 e. The fourth-order valence-electron chi connectivity index (χ4n) is 2.61. The van der Waals surface area contributed by atoms with Gasteiger partial charge in [0.1, 0.15) is 5.75 Å². The van der Waals surface area contributed by atoms with E-state index in [9.17, 15) is 9.59 Å². The van der Waals surface area contributed by atoms with Gasteiger partial charge in [-0.05, 0) is 42.8 Å². The van der Waals surface area contributed by atoms with Crippen LogP contribution in [0.1, 0.15) is 23.0 Å². The first-order valence-corrected chi connectivity index (χ1v) is 8.71. The van der Waals surface area contributed by atoms with Crippen molar-refractivity contribution < 1.29 is 19.1 Å². The van der Waals surface area contributed by atoms with Gasteiger partial charge in [0.05, 0.1) is 24.6 Å². The monoisotopic (exact) mass is 380 g/mol. The van der Waals surface area contributed by atoms with Gasteiger partial charge in [0.25, 0.3) is 5.91 Å². The molecule has 1 aromatic carbocycles. The van der Waals surface area contributed by atoms with E-state index in [0.29, 0.717) is 29.2 Å². The molecule has 0 atom stereocenters. The molecule has 144 valence electrons. The number of pyridine rings is 1. The molecule has 0 aliphatic heterocycles. The standard InChI is InChI=1S/C20H20N4O4/c1-3-17-16(12-22-24(17)18-6-4-5-11-21-18)20(26)23-14-7-9-15(10-8-14)28-13-19(25)27-2/h4-12H,3,13H2,1-2H3,(H,23,26). The number of nitrogens with zero attached hydrogens (tertiary/aromatic N) is 3. The number of amides is 1. The summed E-state index contributed by atoms with van der Waals surface area (Å²) in [4.78, 5) is 28.1. The lowest BCUT2D eigenvalue weighted by Gasteiger charge is -2.09. The van der Waals surface area contributed by atoms with Crippen molar-refractivity contribution in [3.8, 4) is 11.6 Å². The number of aromatic nitrogens is 3. The van der Waals surface area contributed by atoms with Crippen LogP contribution in [0.2, 0.25) is 0 Å². The molecular weight excluding hydrogens is 360 g/mol. The first-order chi connectivity index (χ1) is 13.6. The molecule has 3 aromatic rings. The summed E-state index contributed by atoms with van der Waals surface area (Å²) in [5, 5.41) is 7.15. The number of anilines is 1. The van der Waals surface area contributed by atoms with E-state index in [1.165, 1.54) is 13.3 Å². The highest BCUT2D eigenvalue weighted by atomic mass is 16.6. The van der Waals surface area contributed by atoms with Crippen molar-refractivity contribution in [2.45, 2.75) is 13.3 Å². The minimum atomic E-state index is -0.464. The predicted molar refractivity (Wildman–Crippen MR) is 103 cm³/mol. The van der Waals surface area contributed by atoms with E-state index in [1.807, 2.05) is 25.1 Å². The van der Waals surface area contributed by atoms with E-state index < -0.39 is 5.97 Å². The van der Waals surface area contributed by atoms with Crippen molar-refractivity contribution in [3.63, 3.8) is 0 Å². The number of benzene rings is 1. The van der Waals surface area contributed by atoms with Crippen molar-refractivity contribution in [2.75, 3.05) is 19.0 Å². The van der Waals surface area contributed by atoms with Crippen LogP contribution in [-0.4, -0.2) is 40.4 Å². The summed E-state index contributed by atoms with van der Waals surface area (Å²) in [5.74, 6) is 0.433. The number of esters is 1. The molecule has 2 heterocycles. The summed E-state index contributed by atoms with van der Waals surface area (Å²) in [6, 6.07) is 12.2. The van der Waals surface area contributed by atoms with E-state index in [1.54, 1.807) is 35.1 Å². The molecule has 3 rings (SSSR count). The maximum absolute atomic E-state index is 12.7. The molecule has 0 saturated heterocycles. The SMILES string of the molecule is CCc1c(C(=O)Nc2ccc(OCC(=O)OC)cc2)cnn1-c1ccccn1. The summed E-state index contributed by atoms with van der Waals surface area (Å²) in [6.07, 6.45) is 3.84. The van der Waals surface area contributed by atoms with Gasteiger partial charge in [-0.25, -0.2) is 14.5 Å². The second-order valence-electron chi connectivity index (χ2n) is 5.80. The highest BCUT2D eigenvalue weighted by molar-refractivity contribution is 6.05. The molecule has 0 aliphatic rings. The van der Waals surface area contributed by atoms with Gasteiger partial charge in [0.15, 0.2) is 12.4 Å². The number of rotatable bonds is 7. The van der Waals surface area contributed by atoms with Gasteiger partial charge >= 0.3 is 5.97 Å². The van der Waals surface area contributed by atoms with E-state index in [4.69, 9.17) is 4.74 Å². The summed E-state index contributed by atoms with van der Waals surface area (Å²) < 4.78 is 11.5. The molecular formula is C20H20N4O4. The molecule has 0 spiro atoms. The average molecular weight is 380 g/mol. The van der Waals surface area contributed by atoms with Crippen molar-refractivity contribution in [2.24, 2.45) is 0 Å². The van der Waals surface area contributed by atoms with Crippen LogP contribution in [0.15, 0.2) is 54.9 Å². The normalized spacial score (nSPS) is 10.4. The maximum atomic E-state index is 12.7. The highest BCUT2D eigenvalue weighted by Gasteiger charge is 2.17. The van der Waals surface area contributed by atoms with Crippen LogP contribution in [-0.2, 0) is 16.0 Å². The number of carbonyl (C=O) groups excluding carboxylic acids is 2. The molecule has 0 saturated carbocycles. The van der Waals surface area contributed by atoms with Gasteiger partial charge in [-0.2, -0.15) is 5.10 Å². The number of ether oxygens (including phenoxy) is 2. The second kappa shape index (κ2) is 8.81. The van der Waals surface area contributed by atoms with Gasteiger partial charge in [0.2, 0.25) is 0 Å². The Balaban J connectivity index is 1.71. The van der Waals surface area contributed by atoms with Crippen LogP contribution in [0.25, 0.3) is 5.82 Å². The van der Waals surface area contributed by atoms with Crippen molar-refractivity contribution in [1.29, 1.82) is 0 Å². The largest absolute Gasteiger partial charge is 0.482 e. The average Bonchev–Trinajstić information content (AvgIpc) is 3.18. The zero-order valence-corrected chi connectivity index (χ0v) is 15.6. The molecule has 1 amide bonds. The number of nitrogens with one attached hydrogen (secondary N) is 1. The van der Waals surface area contributed by atoms with Crippen LogP contribution in [0, 0.1) is 0 Å². The predicted octanol–water partition coefficient (Wildman–Crippen LogP) is 2.63. The molecule has 8 heteroatoms. The lowest BCUT2D eigenvalue weighted by molar-refractivity contribution is -0.142. The zero-order chi connectivity index (χ0) is 19.9. The van der Waals surface area contributed by atoms with Crippen molar-refractivity contribution in [1.82, 2.24) is 14.8 Å². The van der Waals surface area contributed by atoms with Crippen molar-refractivity contribution >= 4 is 17.6 Å². The summed E-state index contributed by atoms with van der Waals surface area (Å²) in [6.45, 7) is 1.79. The lowest BCUT2D eigenvalue weighted by atomic mass is 10.2. The topological polar surface area (TPSA) is 95.3 Å². The van der Waals surface area contributed by atoms with E-state index in [-0.39, 0.29) is 12.5 Å². The first kappa shape index (κ1) is 19.1. The molecule has 2 aromatic heterocycles. The lowest BCUT2D eigenvalue weighted by Crippen LogP contribution is -2.15. The Morgan fingerprint density at radius 2 is 1.93 bits per heavy atom. The Hall–Kier alpha value is -3.68. The molecule has 0 radical (unpaired) electrons. The summed E-state index contributed by atoms with van der Waals surface area (Å²) in [7, 11) is 1.30. The second-order valence-corrected chi connectivity index (χ2v) is 5.80. The third-order valence-electron chi connectivity index (χ3n) is 4.01. The van der Waals surface area contributed by atoms with Crippen LogP contribution < -0.4 is 10.1 Å².